The fraction of sp³-hybridized carbons (Fsp3) is 0.440. The van der Waals surface area contributed by atoms with Crippen LogP contribution < -0.4 is 10.8 Å². The second-order valence-electron chi connectivity index (χ2n) is 8.11. The Morgan fingerprint density at radius 3 is 2.33 bits per heavy atom. The van der Waals surface area contributed by atoms with Crippen molar-refractivity contribution < 1.29 is 20.4 Å². The van der Waals surface area contributed by atoms with E-state index in [1.54, 1.807) is 0 Å². The van der Waals surface area contributed by atoms with Crippen molar-refractivity contribution in [2.45, 2.75) is 53.0 Å². The van der Waals surface area contributed by atoms with E-state index in [0.717, 1.165) is 35.3 Å². The van der Waals surface area contributed by atoms with Crippen molar-refractivity contribution in [3.63, 3.8) is 0 Å². The van der Waals surface area contributed by atoms with E-state index in [2.05, 4.69) is 18.4 Å². The highest BCUT2D eigenvalue weighted by Gasteiger charge is 2.21. The molecule has 2 aromatic carbocycles. The molecular weight excluding hydrogens is 394 g/mol. The van der Waals surface area contributed by atoms with Crippen molar-refractivity contribution in [1.29, 1.82) is 0 Å². The Labute approximate surface area is 186 Å². The van der Waals surface area contributed by atoms with E-state index in [9.17, 15) is 14.7 Å². The highest BCUT2D eigenvalue weighted by Crippen LogP contribution is 2.28. The highest BCUT2D eigenvalue weighted by atomic mass is 32.1. The first kappa shape index (κ1) is 25.9. The standard InChI is InChI=1S/C24H31NO3S.CH4/c1-16(2)12-19(24(27)28)14-23(26)21-11-9-17(8-10-20(25)15-29)13-22(21)18-6-4-3-5-7-18;/h3-7,9,11,13,16,19-20,29H,8,10,12,14-15,25H2,1-2H3,(H,27,28);1H4/t19-,20-;/m1./s1. The van der Waals surface area contributed by atoms with Crippen LogP contribution in [0.4, 0.5) is 0 Å². The van der Waals surface area contributed by atoms with Crippen LogP contribution >= 0.6 is 12.6 Å². The number of aryl methyl sites for hydroxylation is 1. The summed E-state index contributed by atoms with van der Waals surface area (Å²) in [4.78, 5) is 24.6. The van der Waals surface area contributed by atoms with Crippen LogP contribution in [-0.4, -0.2) is 23.5 Å². The van der Waals surface area contributed by atoms with Crippen LogP contribution in [0.3, 0.4) is 0 Å². The average molecular weight is 430 g/mol. The Bertz CT molecular complexity index is 820. The van der Waals surface area contributed by atoms with Crippen LogP contribution in [0.15, 0.2) is 48.5 Å². The summed E-state index contributed by atoms with van der Waals surface area (Å²) >= 11 is 4.29. The minimum atomic E-state index is -1.15. The molecule has 164 valence electrons. The molecule has 0 aromatic heterocycles. The maximum atomic E-state index is 13.0. The van der Waals surface area contributed by atoms with Gasteiger partial charge in [0, 0.05) is 36.0 Å². The Hall–Kier alpha value is -2.11. The van der Waals surface area contributed by atoms with Crippen molar-refractivity contribution in [2.75, 3.05) is 5.75 Å². The van der Waals surface area contributed by atoms with Crippen LogP contribution in [0, 0.1) is 11.8 Å². The number of carboxylic acid groups (broad SMARTS) is 1. The number of thiol groups is 1. The van der Waals surface area contributed by atoms with Crippen LogP contribution in [0.2, 0.25) is 0 Å². The molecule has 0 aliphatic heterocycles. The molecule has 0 aliphatic carbocycles. The molecule has 2 rings (SSSR count). The summed E-state index contributed by atoms with van der Waals surface area (Å²) in [6.45, 7) is 3.90. The molecule has 0 fully saturated rings. The number of carboxylic acids is 1. The number of ketones is 1. The van der Waals surface area contributed by atoms with Gasteiger partial charge in [0.05, 0.1) is 6.04 Å². The third-order valence-electron chi connectivity index (χ3n) is 5.09. The van der Waals surface area contributed by atoms with Crippen LogP contribution in [0.25, 0.3) is 11.1 Å². The Kier molecular flexibility index (Phi) is 10.8. The van der Waals surface area contributed by atoms with Gasteiger partial charge in [-0.3, -0.25) is 4.79 Å². The van der Waals surface area contributed by atoms with Gasteiger partial charge in [-0.25, -0.2) is 0 Å². The molecule has 2 atom stereocenters. The lowest BCUT2D eigenvalue weighted by Gasteiger charge is -2.20. The van der Waals surface area contributed by atoms with Gasteiger partial charge < -0.3 is 15.6 Å². The molecule has 0 saturated carbocycles. The maximum absolute atomic E-state index is 13.0. The monoisotopic (exact) mass is 429 g/mol. The first-order valence-electron chi connectivity index (χ1n) is 10.2. The summed E-state index contributed by atoms with van der Waals surface area (Å²) in [6, 6.07) is 15.9. The lowest BCUT2D eigenvalue weighted by molar-refractivity contribution is -0.413. The minimum absolute atomic E-state index is 0. The minimum Gasteiger partial charge on any atom is -0.550 e. The molecule has 0 saturated heterocycles. The first-order valence-corrected chi connectivity index (χ1v) is 10.8. The fourth-order valence-electron chi connectivity index (χ4n) is 3.47. The molecular formula is C25H35NO3S. The predicted molar refractivity (Wildman–Crippen MR) is 124 cm³/mol. The third kappa shape index (κ3) is 7.62. The van der Waals surface area contributed by atoms with Crippen molar-refractivity contribution >= 4 is 24.4 Å². The van der Waals surface area contributed by atoms with Gasteiger partial charge >= 0.3 is 0 Å². The number of Topliss-reactive ketones (excluding diaryl/α,β-unsaturated/α-hetero) is 1. The smallest absolute Gasteiger partial charge is 0.164 e. The van der Waals surface area contributed by atoms with Gasteiger partial charge in [-0.2, -0.15) is 12.6 Å². The summed E-state index contributed by atoms with van der Waals surface area (Å²) in [5, 5.41) is 11.5. The van der Waals surface area contributed by atoms with Gasteiger partial charge in [0.25, 0.3) is 0 Å². The van der Waals surface area contributed by atoms with E-state index in [0.29, 0.717) is 12.0 Å². The molecule has 3 N–H and O–H groups in total. The molecule has 0 amide bonds. The summed E-state index contributed by atoms with van der Waals surface area (Å²) in [5.41, 5.74) is 7.58. The molecule has 0 heterocycles. The number of hydrogen-bond acceptors (Lipinski definition) is 4. The number of hydrogen-bond donors (Lipinski definition) is 2. The van der Waals surface area contributed by atoms with E-state index in [1.807, 2.05) is 62.4 Å². The van der Waals surface area contributed by atoms with E-state index in [1.165, 1.54) is 0 Å². The lowest BCUT2D eigenvalue weighted by atomic mass is 9.87. The number of quaternary nitrogens is 1. The molecule has 2 aromatic rings. The predicted octanol–water partition coefficient (Wildman–Crippen LogP) is 3.45. The fourth-order valence-corrected chi connectivity index (χ4v) is 3.66. The van der Waals surface area contributed by atoms with E-state index in [4.69, 9.17) is 0 Å². The highest BCUT2D eigenvalue weighted by molar-refractivity contribution is 7.80. The zero-order valence-electron chi connectivity index (χ0n) is 17.3. The van der Waals surface area contributed by atoms with Gasteiger partial charge in [0.15, 0.2) is 5.78 Å². The van der Waals surface area contributed by atoms with Crippen molar-refractivity contribution in [2.24, 2.45) is 11.8 Å². The normalized spacial score (nSPS) is 12.8. The van der Waals surface area contributed by atoms with Crippen molar-refractivity contribution in [1.82, 2.24) is 0 Å². The second kappa shape index (κ2) is 12.6. The molecule has 5 heteroatoms. The number of rotatable bonds is 11. The van der Waals surface area contributed by atoms with Gasteiger partial charge in [0.2, 0.25) is 0 Å². The van der Waals surface area contributed by atoms with Gasteiger partial charge in [0.1, 0.15) is 0 Å². The number of benzene rings is 2. The summed E-state index contributed by atoms with van der Waals surface area (Å²) in [6.07, 6.45) is 2.17. The Morgan fingerprint density at radius 1 is 1.10 bits per heavy atom. The van der Waals surface area contributed by atoms with E-state index < -0.39 is 11.9 Å². The van der Waals surface area contributed by atoms with E-state index >= 15 is 0 Å². The van der Waals surface area contributed by atoms with Crippen molar-refractivity contribution in [3.05, 3.63) is 59.7 Å². The average Bonchev–Trinajstić information content (AvgIpc) is 2.71. The maximum Gasteiger partial charge on any atom is 0.164 e. The zero-order valence-corrected chi connectivity index (χ0v) is 18.2. The van der Waals surface area contributed by atoms with Crippen LogP contribution in [0.5, 0.6) is 0 Å². The summed E-state index contributed by atoms with van der Waals surface area (Å²) < 4.78 is 0. The Balaban J connectivity index is 0.00000450. The topological polar surface area (TPSA) is 84.8 Å². The summed E-state index contributed by atoms with van der Waals surface area (Å²) in [7, 11) is 0. The summed E-state index contributed by atoms with van der Waals surface area (Å²) in [5.74, 6) is -1.16. The quantitative estimate of drug-likeness (QED) is 0.424. The van der Waals surface area contributed by atoms with Crippen LogP contribution in [0.1, 0.15) is 56.5 Å². The van der Waals surface area contributed by atoms with E-state index in [-0.39, 0.29) is 31.6 Å². The first-order chi connectivity index (χ1) is 13.8. The Morgan fingerprint density at radius 2 is 1.77 bits per heavy atom. The molecule has 0 unspecified atom stereocenters. The lowest BCUT2D eigenvalue weighted by Crippen LogP contribution is -2.62. The number of carbonyl (C=O) groups is 2. The largest absolute Gasteiger partial charge is 0.550 e. The molecule has 0 bridgehead atoms. The van der Waals surface area contributed by atoms with Gasteiger partial charge in [-0.15, -0.1) is 0 Å². The molecule has 30 heavy (non-hydrogen) atoms. The van der Waals surface area contributed by atoms with Crippen molar-refractivity contribution in [3.8, 4) is 11.1 Å². The van der Waals surface area contributed by atoms with Gasteiger partial charge in [-0.1, -0.05) is 69.8 Å². The van der Waals surface area contributed by atoms with Crippen LogP contribution in [-0.2, 0) is 11.2 Å². The zero-order chi connectivity index (χ0) is 21.4. The molecule has 0 spiro atoms. The van der Waals surface area contributed by atoms with Gasteiger partial charge in [-0.05, 0) is 35.4 Å². The molecule has 0 aliphatic rings. The molecule has 4 nitrogen and oxygen atoms in total. The number of carbonyl (C=O) groups excluding carboxylic acids is 2. The number of aliphatic carboxylic acids is 1. The molecule has 0 radical (unpaired) electrons. The third-order valence-corrected chi connectivity index (χ3v) is 5.61. The SMILES string of the molecule is C.CC(C)C[C@H](CC(=O)c1ccc(CC[C@@H]([NH3+])CS)cc1-c1ccccc1)C(=O)[O-]. The second-order valence-corrected chi connectivity index (χ2v) is 8.47.